The number of nitrogens with zero attached hydrogens (tertiary/aromatic N) is 2. The highest BCUT2D eigenvalue weighted by atomic mass is 16.3. The lowest BCUT2D eigenvalue weighted by molar-refractivity contribution is 0.188. The second kappa shape index (κ2) is 14.6. The largest absolute Gasteiger partial charge is 0.468 e. The van der Waals surface area contributed by atoms with Gasteiger partial charge in [0.2, 0.25) is 0 Å². The maximum absolute atomic E-state index is 7.74. The third-order valence-electron chi connectivity index (χ3n) is 18.6. The predicted octanol–water partition coefficient (Wildman–Crippen LogP) is 16.5. The van der Waals surface area contributed by atoms with Crippen molar-refractivity contribution in [2.75, 3.05) is 9.80 Å². The first-order valence-corrected chi connectivity index (χ1v) is 26.7. The fourth-order valence-corrected chi connectivity index (χ4v) is 13.6. The lowest BCUT2D eigenvalue weighted by Gasteiger charge is -2.52. The average Bonchev–Trinajstić information content (AvgIpc) is 3.68. The van der Waals surface area contributed by atoms with Crippen LogP contribution >= 0.6 is 0 Å². The zero-order valence-electron chi connectivity index (χ0n) is 45.0. The molecule has 4 aliphatic carbocycles. The van der Waals surface area contributed by atoms with Crippen LogP contribution in [0.25, 0.3) is 22.1 Å². The molecular weight excluding hydrogens is 848 g/mol. The minimum Gasteiger partial charge on any atom is -0.468 e. The van der Waals surface area contributed by atoms with Crippen molar-refractivity contribution in [2.24, 2.45) is 0 Å². The highest BCUT2D eigenvalue weighted by molar-refractivity contribution is 7.00. The lowest BCUT2D eigenvalue weighted by atomic mass is 9.35. The Bertz CT molecular complexity index is 3320. The molecule has 7 aromatic rings. The number of rotatable bonds is 3. The molecule has 70 heavy (non-hydrogen) atoms. The molecule has 0 N–H and O–H groups in total. The zero-order chi connectivity index (χ0) is 49.5. The van der Waals surface area contributed by atoms with Crippen molar-refractivity contribution in [3.05, 3.63) is 148 Å². The molecule has 0 spiro atoms. The Morgan fingerprint density at radius 1 is 0.471 bits per heavy atom. The summed E-state index contributed by atoms with van der Waals surface area (Å²) in [6, 6.07) is 43.5. The van der Waals surface area contributed by atoms with E-state index in [2.05, 4.69) is 223 Å². The van der Waals surface area contributed by atoms with Crippen LogP contribution in [-0.2, 0) is 37.9 Å². The maximum atomic E-state index is 7.74. The smallest absolute Gasteiger partial charge is 0.297 e. The van der Waals surface area contributed by atoms with Crippen molar-refractivity contribution < 1.29 is 4.42 Å². The Morgan fingerprint density at radius 2 is 1.03 bits per heavy atom. The molecule has 3 nitrogen and oxygen atoms in total. The third kappa shape index (κ3) is 6.66. The summed E-state index contributed by atoms with van der Waals surface area (Å²) in [7, 11) is 0. The first-order chi connectivity index (χ1) is 32.8. The van der Waals surface area contributed by atoms with E-state index >= 15 is 0 Å². The summed E-state index contributed by atoms with van der Waals surface area (Å²) in [5, 5.41) is 1.25. The van der Waals surface area contributed by atoms with E-state index in [0.717, 1.165) is 17.7 Å². The molecule has 2 aliphatic heterocycles. The van der Waals surface area contributed by atoms with Crippen LogP contribution in [0.1, 0.15) is 181 Å². The van der Waals surface area contributed by atoms with Gasteiger partial charge in [0.05, 0.1) is 17.0 Å². The topological polar surface area (TPSA) is 19.6 Å². The van der Waals surface area contributed by atoms with Gasteiger partial charge in [0.1, 0.15) is 5.58 Å². The Balaban J connectivity index is 1.23. The standard InChI is InChI=1S/C66H75BN2O/c1-60(2,3)41-21-25-52(45(33-41)40-19-17-16-18-20-40)69-53-26-22-42(61(4,5)6)34-51(53)67-57-54(35-43(36-55(57)69)62(7,8)9)68(44-23-24-47-48(37-44)64(12,13)28-27-63(47,10)11)58-46-38-49-50(39-56(46)70-59(58)67)66(15)31-29-65(49,14)30-32-66/h16-26,33-39H,27-32H2,1-15H3. The van der Waals surface area contributed by atoms with Crippen molar-refractivity contribution in [3.8, 4) is 11.1 Å². The molecule has 0 radical (unpaired) electrons. The first kappa shape index (κ1) is 45.6. The van der Waals surface area contributed by atoms with Crippen molar-refractivity contribution in [1.29, 1.82) is 0 Å². The molecule has 13 rings (SSSR count). The van der Waals surface area contributed by atoms with Crippen molar-refractivity contribution in [1.82, 2.24) is 0 Å². The Morgan fingerprint density at radius 3 is 1.64 bits per heavy atom. The molecule has 0 saturated heterocycles. The fraction of sp³-hybridized carbons (Fsp3) is 0.424. The number of benzene rings is 6. The molecule has 358 valence electrons. The molecule has 0 atom stereocenters. The quantitative estimate of drug-likeness (QED) is 0.165. The van der Waals surface area contributed by atoms with Gasteiger partial charge < -0.3 is 14.2 Å². The van der Waals surface area contributed by atoms with Gasteiger partial charge >= 0.3 is 0 Å². The number of hydrogen-bond donors (Lipinski definition) is 0. The molecule has 6 aromatic carbocycles. The number of fused-ring (bicyclic) bond motifs is 9. The fourth-order valence-electron chi connectivity index (χ4n) is 13.6. The molecule has 6 aliphatic rings. The van der Waals surface area contributed by atoms with E-state index in [-0.39, 0.29) is 44.6 Å². The van der Waals surface area contributed by atoms with Crippen LogP contribution in [0.3, 0.4) is 0 Å². The molecule has 1 saturated carbocycles. The summed E-state index contributed by atoms with van der Waals surface area (Å²) in [6.45, 7) is 36.0. The molecule has 0 amide bonds. The highest BCUT2D eigenvalue weighted by Gasteiger charge is 2.51. The van der Waals surface area contributed by atoms with E-state index in [4.69, 9.17) is 4.42 Å². The normalized spacial score (nSPS) is 21.8. The summed E-state index contributed by atoms with van der Waals surface area (Å²) in [4.78, 5) is 5.32. The minimum atomic E-state index is -0.143. The minimum absolute atomic E-state index is 0.0235. The molecule has 4 heteroatoms. The van der Waals surface area contributed by atoms with Gasteiger partial charge in [-0.3, -0.25) is 0 Å². The van der Waals surface area contributed by atoms with Crippen LogP contribution in [0, 0.1) is 0 Å². The van der Waals surface area contributed by atoms with E-state index in [0.29, 0.717) is 0 Å². The number of hydrogen-bond acceptors (Lipinski definition) is 3. The van der Waals surface area contributed by atoms with Gasteiger partial charge in [-0.1, -0.05) is 158 Å². The highest BCUT2D eigenvalue weighted by Crippen LogP contribution is 2.59. The zero-order valence-corrected chi connectivity index (χ0v) is 45.0. The van der Waals surface area contributed by atoms with Crippen LogP contribution in [-0.4, -0.2) is 6.71 Å². The predicted molar refractivity (Wildman–Crippen MR) is 300 cm³/mol. The van der Waals surface area contributed by atoms with Gasteiger partial charge in [0, 0.05) is 33.7 Å². The van der Waals surface area contributed by atoms with Crippen LogP contribution in [0.4, 0.5) is 34.1 Å². The number of furan rings is 1. The van der Waals surface area contributed by atoms with E-state index in [1.165, 1.54) is 127 Å². The van der Waals surface area contributed by atoms with Crippen molar-refractivity contribution >= 4 is 68.4 Å². The Labute approximate surface area is 420 Å². The van der Waals surface area contributed by atoms with E-state index in [1.807, 2.05) is 0 Å². The Hall–Kier alpha value is -5.48. The summed E-state index contributed by atoms with van der Waals surface area (Å²) in [6.07, 6.45) is 7.31. The molecule has 0 unspecified atom stereocenters. The number of anilines is 6. The Kier molecular flexibility index (Phi) is 9.51. The first-order valence-electron chi connectivity index (χ1n) is 26.7. The SMILES string of the molecule is CC(C)(C)c1ccc2c(c1)B1c3oc4cc5c(cc4c3N(c3ccc4c(c3)C(C)(C)CCC4(C)C)c3cc(C(C)(C)C)cc(c31)N2c1ccc(C(C)(C)C)cc1-c1ccccc1)C1(C)CCC5(C)CC1. The van der Waals surface area contributed by atoms with Crippen LogP contribution in [0.15, 0.2) is 114 Å². The summed E-state index contributed by atoms with van der Waals surface area (Å²) < 4.78 is 7.74. The second-order valence-electron chi connectivity index (χ2n) is 27.5. The monoisotopic (exact) mass is 923 g/mol. The summed E-state index contributed by atoms with van der Waals surface area (Å²) in [5.41, 5.74) is 24.8. The van der Waals surface area contributed by atoms with Gasteiger partial charge in [-0.05, 0) is 186 Å². The van der Waals surface area contributed by atoms with Gasteiger partial charge in [-0.25, -0.2) is 0 Å². The van der Waals surface area contributed by atoms with Gasteiger partial charge in [-0.2, -0.15) is 0 Å². The molecule has 1 fully saturated rings. The maximum Gasteiger partial charge on any atom is 0.297 e. The van der Waals surface area contributed by atoms with Gasteiger partial charge in [0.15, 0.2) is 0 Å². The van der Waals surface area contributed by atoms with Crippen LogP contribution < -0.4 is 26.4 Å². The average molecular weight is 923 g/mol. The molecule has 3 heterocycles. The van der Waals surface area contributed by atoms with Crippen molar-refractivity contribution in [3.63, 3.8) is 0 Å². The van der Waals surface area contributed by atoms with E-state index in [1.54, 1.807) is 5.56 Å². The summed E-state index contributed by atoms with van der Waals surface area (Å²) >= 11 is 0. The lowest BCUT2D eigenvalue weighted by Crippen LogP contribution is -2.61. The summed E-state index contributed by atoms with van der Waals surface area (Å²) in [5.74, 6) is 0. The second-order valence-corrected chi connectivity index (χ2v) is 27.5. The van der Waals surface area contributed by atoms with Crippen LogP contribution in [0.2, 0.25) is 0 Å². The van der Waals surface area contributed by atoms with Crippen molar-refractivity contribution in [2.45, 2.75) is 180 Å². The van der Waals surface area contributed by atoms with E-state index in [9.17, 15) is 0 Å². The van der Waals surface area contributed by atoms with Crippen LogP contribution in [0.5, 0.6) is 0 Å². The van der Waals surface area contributed by atoms with Gasteiger partial charge in [-0.15, -0.1) is 0 Å². The van der Waals surface area contributed by atoms with E-state index < -0.39 is 0 Å². The molecular formula is C66H75BN2O. The third-order valence-corrected chi connectivity index (χ3v) is 18.6. The van der Waals surface area contributed by atoms with Gasteiger partial charge in [0.25, 0.3) is 6.71 Å². The molecule has 2 bridgehead atoms. The molecule has 1 aromatic heterocycles.